The molecule has 0 aromatic heterocycles. The molecule has 4 heteroatoms. The summed E-state index contributed by atoms with van der Waals surface area (Å²) in [4.78, 5) is 0. The molecule has 0 N–H and O–H groups in total. The lowest BCUT2D eigenvalue weighted by atomic mass is 10.1. The minimum Gasteiger partial charge on any atom is -0.206 e. The van der Waals surface area contributed by atoms with Crippen molar-refractivity contribution in [3.63, 3.8) is 0 Å². The Kier molecular flexibility index (Phi) is 3.13. The molecule has 16 heavy (non-hydrogen) atoms. The van der Waals surface area contributed by atoms with Gasteiger partial charge in [0, 0.05) is 16.1 Å². The van der Waals surface area contributed by atoms with Crippen LogP contribution in [-0.4, -0.2) is 0 Å². The highest BCUT2D eigenvalue weighted by Crippen LogP contribution is 2.32. The van der Waals surface area contributed by atoms with Crippen molar-refractivity contribution >= 4 is 23.2 Å². The van der Waals surface area contributed by atoms with E-state index in [0.29, 0.717) is 5.56 Å². The quantitative estimate of drug-likeness (QED) is 0.680. The average molecular weight is 259 g/mol. The summed E-state index contributed by atoms with van der Waals surface area (Å²) in [6.45, 7) is 0. The van der Waals surface area contributed by atoms with Gasteiger partial charge in [-0.25, -0.2) is 8.78 Å². The van der Waals surface area contributed by atoms with Crippen molar-refractivity contribution in [3.8, 4) is 11.1 Å². The van der Waals surface area contributed by atoms with Crippen molar-refractivity contribution in [2.24, 2.45) is 0 Å². The summed E-state index contributed by atoms with van der Waals surface area (Å²) in [5.41, 5.74) is 0.546. The van der Waals surface area contributed by atoms with Crippen molar-refractivity contribution in [2.45, 2.75) is 0 Å². The monoisotopic (exact) mass is 258 g/mol. The van der Waals surface area contributed by atoms with Gasteiger partial charge in [-0.1, -0.05) is 35.3 Å². The van der Waals surface area contributed by atoms with Gasteiger partial charge in [0.25, 0.3) is 0 Å². The number of halogens is 4. The van der Waals surface area contributed by atoms with Gasteiger partial charge in [0.05, 0.1) is 5.02 Å². The van der Waals surface area contributed by atoms with Gasteiger partial charge in [0.1, 0.15) is 11.6 Å². The molecule has 0 radical (unpaired) electrons. The van der Waals surface area contributed by atoms with Crippen LogP contribution in [0.25, 0.3) is 11.1 Å². The Balaban J connectivity index is 2.63. The van der Waals surface area contributed by atoms with Crippen molar-refractivity contribution in [1.82, 2.24) is 0 Å². The summed E-state index contributed by atoms with van der Waals surface area (Å²) in [6, 6.07) is 8.42. The molecule has 2 aromatic carbocycles. The van der Waals surface area contributed by atoms with Gasteiger partial charge < -0.3 is 0 Å². The smallest absolute Gasteiger partial charge is 0.142 e. The minimum absolute atomic E-state index is 0.0938. The summed E-state index contributed by atoms with van der Waals surface area (Å²) >= 11 is 11.4. The molecule has 0 aliphatic heterocycles. The van der Waals surface area contributed by atoms with Crippen LogP contribution in [0.1, 0.15) is 0 Å². The van der Waals surface area contributed by atoms with Crippen molar-refractivity contribution in [2.75, 3.05) is 0 Å². The van der Waals surface area contributed by atoms with Crippen LogP contribution < -0.4 is 0 Å². The van der Waals surface area contributed by atoms with E-state index in [4.69, 9.17) is 23.2 Å². The van der Waals surface area contributed by atoms with E-state index in [1.165, 1.54) is 24.3 Å². The number of rotatable bonds is 1. The van der Waals surface area contributed by atoms with E-state index in [2.05, 4.69) is 0 Å². The molecule has 0 bridgehead atoms. The molecule has 0 atom stereocenters. The molecule has 0 aliphatic carbocycles. The van der Waals surface area contributed by atoms with Gasteiger partial charge in [-0.05, 0) is 24.3 Å². The molecular formula is C12H6Cl2F2. The van der Waals surface area contributed by atoms with Crippen molar-refractivity contribution in [1.29, 1.82) is 0 Å². The second kappa shape index (κ2) is 4.40. The Labute approximate surface area is 101 Å². The number of benzene rings is 2. The zero-order chi connectivity index (χ0) is 11.7. The Hall–Kier alpha value is -1.12. The second-order valence-corrected chi connectivity index (χ2v) is 4.04. The van der Waals surface area contributed by atoms with E-state index in [1.54, 1.807) is 6.07 Å². The zero-order valence-electron chi connectivity index (χ0n) is 7.98. The van der Waals surface area contributed by atoms with Crippen LogP contribution in [0.4, 0.5) is 8.78 Å². The molecule has 2 rings (SSSR count). The topological polar surface area (TPSA) is 0 Å². The van der Waals surface area contributed by atoms with Gasteiger partial charge >= 0.3 is 0 Å². The molecule has 0 unspecified atom stereocenters. The number of hydrogen-bond acceptors (Lipinski definition) is 0. The summed E-state index contributed by atoms with van der Waals surface area (Å²) in [5, 5.41) is 0.192. The van der Waals surface area contributed by atoms with Gasteiger partial charge in [-0.15, -0.1) is 0 Å². The largest absolute Gasteiger partial charge is 0.206 e. The van der Waals surface area contributed by atoms with Crippen LogP contribution in [0.3, 0.4) is 0 Å². The van der Waals surface area contributed by atoms with E-state index in [-0.39, 0.29) is 15.6 Å². The lowest BCUT2D eigenvalue weighted by Crippen LogP contribution is -1.87. The van der Waals surface area contributed by atoms with E-state index in [9.17, 15) is 8.78 Å². The molecule has 0 nitrogen and oxygen atoms in total. The summed E-state index contributed by atoms with van der Waals surface area (Å²) in [7, 11) is 0. The van der Waals surface area contributed by atoms with Crippen LogP contribution >= 0.6 is 23.2 Å². The highest BCUT2D eigenvalue weighted by Gasteiger charge is 2.11. The Morgan fingerprint density at radius 2 is 1.56 bits per heavy atom. The first kappa shape index (κ1) is 11.4. The lowest BCUT2D eigenvalue weighted by molar-refractivity contribution is 0.625. The molecule has 0 aliphatic rings. The van der Waals surface area contributed by atoms with E-state index >= 15 is 0 Å². The predicted octanol–water partition coefficient (Wildman–Crippen LogP) is 4.94. The van der Waals surface area contributed by atoms with Crippen LogP contribution in [0, 0.1) is 11.6 Å². The predicted molar refractivity (Wildman–Crippen MR) is 61.8 cm³/mol. The van der Waals surface area contributed by atoms with Crippen molar-refractivity contribution < 1.29 is 8.78 Å². The second-order valence-electron chi connectivity index (χ2n) is 3.23. The lowest BCUT2D eigenvalue weighted by Gasteiger charge is -2.06. The third-order valence-corrected chi connectivity index (χ3v) is 2.79. The van der Waals surface area contributed by atoms with Gasteiger partial charge in [-0.3, -0.25) is 0 Å². The molecule has 0 heterocycles. The fraction of sp³-hybridized carbons (Fsp3) is 0. The first-order chi connectivity index (χ1) is 7.59. The molecule has 0 saturated heterocycles. The van der Waals surface area contributed by atoms with Gasteiger partial charge in [-0.2, -0.15) is 0 Å². The maximum absolute atomic E-state index is 13.6. The Morgan fingerprint density at radius 1 is 0.812 bits per heavy atom. The van der Waals surface area contributed by atoms with E-state index < -0.39 is 11.6 Å². The fourth-order valence-corrected chi connectivity index (χ4v) is 1.81. The molecule has 82 valence electrons. The Bertz CT molecular complexity index is 539. The van der Waals surface area contributed by atoms with Crippen LogP contribution in [0.5, 0.6) is 0 Å². The zero-order valence-corrected chi connectivity index (χ0v) is 9.49. The highest BCUT2D eigenvalue weighted by molar-refractivity contribution is 6.33. The molecule has 0 fully saturated rings. The third kappa shape index (κ3) is 2.04. The maximum atomic E-state index is 13.6. The standard InChI is InChI=1S/C12H6Cl2F2/c13-7-4-5-8(11(16)6-7)9-2-1-3-10(15)12(9)14/h1-6H. The molecular weight excluding hydrogens is 253 g/mol. The van der Waals surface area contributed by atoms with Crippen LogP contribution in [-0.2, 0) is 0 Å². The molecule has 2 aromatic rings. The SMILES string of the molecule is Fc1cc(Cl)ccc1-c1cccc(F)c1Cl. The van der Waals surface area contributed by atoms with Crippen LogP contribution in [0.15, 0.2) is 36.4 Å². The van der Waals surface area contributed by atoms with Crippen LogP contribution in [0.2, 0.25) is 10.0 Å². The summed E-state index contributed by atoms with van der Waals surface area (Å²) in [5.74, 6) is -1.10. The normalized spacial score (nSPS) is 10.5. The molecule has 0 amide bonds. The first-order valence-corrected chi connectivity index (χ1v) is 5.24. The fourth-order valence-electron chi connectivity index (χ4n) is 1.42. The molecule has 0 spiro atoms. The van der Waals surface area contributed by atoms with Gasteiger partial charge in [0.15, 0.2) is 0 Å². The summed E-state index contributed by atoms with van der Waals surface area (Å²) < 4.78 is 26.8. The number of hydrogen-bond donors (Lipinski definition) is 0. The van der Waals surface area contributed by atoms with E-state index in [0.717, 1.165) is 6.07 Å². The van der Waals surface area contributed by atoms with Gasteiger partial charge in [0.2, 0.25) is 0 Å². The third-order valence-electron chi connectivity index (χ3n) is 2.17. The first-order valence-electron chi connectivity index (χ1n) is 4.49. The summed E-state index contributed by atoms with van der Waals surface area (Å²) in [6.07, 6.45) is 0. The minimum atomic E-state index is -0.575. The molecule has 0 saturated carbocycles. The maximum Gasteiger partial charge on any atom is 0.142 e. The van der Waals surface area contributed by atoms with Crippen molar-refractivity contribution in [3.05, 3.63) is 58.1 Å². The van der Waals surface area contributed by atoms with E-state index in [1.807, 2.05) is 0 Å². The average Bonchev–Trinajstić information content (AvgIpc) is 2.23. The highest BCUT2D eigenvalue weighted by atomic mass is 35.5. The Morgan fingerprint density at radius 3 is 2.25 bits per heavy atom.